The zero-order chi connectivity index (χ0) is 12.3. The highest BCUT2D eigenvalue weighted by Gasteiger charge is 2.13. The Morgan fingerprint density at radius 1 is 1.12 bits per heavy atom. The average Bonchev–Trinajstić information content (AvgIpc) is 2.33. The van der Waals surface area contributed by atoms with Gasteiger partial charge in [-0.2, -0.15) is 0 Å². The van der Waals surface area contributed by atoms with Crippen molar-refractivity contribution in [2.24, 2.45) is 11.8 Å². The lowest BCUT2D eigenvalue weighted by molar-refractivity contribution is 0.843. The van der Waals surface area contributed by atoms with Gasteiger partial charge in [0.15, 0.2) is 5.54 Å². The standard InChI is InChI=1S/C12H12ClN2PS/c1-15-10-6-5-9-12(15)14-16(13,17)11-7-3-2-4-8-11/h2-10H,1H3/b14-12+. The van der Waals surface area contributed by atoms with E-state index in [0.29, 0.717) is 0 Å². The number of hydrogen-bond donors (Lipinski definition) is 0. The molecule has 0 saturated heterocycles. The van der Waals surface area contributed by atoms with E-state index in [-0.39, 0.29) is 0 Å². The predicted molar refractivity (Wildman–Crippen MR) is 77.2 cm³/mol. The molecule has 1 atom stereocenters. The van der Waals surface area contributed by atoms with E-state index in [1.807, 2.05) is 66.3 Å². The van der Waals surface area contributed by atoms with Gasteiger partial charge in [-0.05, 0) is 12.1 Å². The minimum absolute atomic E-state index is 0.801. The molecule has 2 rings (SSSR count). The second kappa shape index (κ2) is 5.18. The van der Waals surface area contributed by atoms with Crippen LogP contribution in [0.1, 0.15) is 0 Å². The maximum atomic E-state index is 6.41. The van der Waals surface area contributed by atoms with Gasteiger partial charge in [-0.1, -0.05) is 59.4 Å². The number of benzene rings is 1. The molecule has 0 aliphatic heterocycles. The van der Waals surface area contributed by atoms with E-state index in [0.717, 1.165) is 10.8 Å². The molecule has 2 aromatic rings. The van der Waals surface area contributed by atoms with E-state index in [1.54, 1.807) is 0 Å². The van der Waals surface area contributed by atoms with Crippen molar-refractivity contribution >= 4 is 33.9 Å². The molecule has 1 heterocycles. The van der Waals surface area contributed by atoms with Crippen LogP contribution in [0.3, 0.4) is 0 Å². The van der Waals surface area contributed by atoms with Crippen LogP contribution >= 0.6 is 16.8 Å². The molecule has 0 fully saturated rings. The van der Waals surface area contributed by atoms with E-state index < -0.39 is 5.54 Å². The largest absolute Gasteiger partial charge is 0.336 e. The lowest BCUT2D eigenvalue weighted by Crippen LogP contribution is -2.16. The third-order valence-corrected chi connectivity index (χ3v) is 5.42. The molecule has 0 aliphatic carbocycles. The maximum absolute atomic E-state index is 6.41. The van der Waals surface area contributed by atoms with E-state index in [4.69, 9.17) is 23.0 Å². The molecular formula is C12H12ClN2PS. The van der Waals surface area contributed by atoms with Gasteiger partial charge in [0.1, 0.15) is 5.49 Å². The summed E-state index contributed by atoms with van der Waals surface area (Å²) in [5.41, 5.74) is -1.58. The number of aromatic nitrogens is 1. The Labute approximate surface area is 110 Å². The molecule has 0 radical (unpaired) electrons. The summed E-state index contributed by atoms with van der Waals surface area (Å²) in [6.07, 6.45) is 1.93. The van der Waals surface area contributed by atoms with Crippen molar-refractivity contribution in [3.05, 3.63) is 60.2 Å². The Kier molecular flexibility index (Phi) is 3.82. The highest BCUT2D eigenvalue weighted by atomic mass is 35.7. The first kappa shape index (κ1) is 12.6. The molecule has 0 bridgehead atoms. The summed E-state index contributed by atoms with van der Waals surface area (Å²) in [7, 11) is 1.93. The lowest BCUT2D eigenvalue weighted by atomic mass is 10.4. The highest BCUT2D eigenvalue weighted by Crippen LogP contribution is 2.51. The van der Waals surface area contributed by atoms with Crippen molar-refractivity contribution in [2.75, 3.05) is 0 Å². The Hall–Kier alpha value is -0.890. The molecule has 88 valence electrons. The number of aryl methyl sites for hydroxylation is 1. The van der Waals surface area contributed by atoms with Crippen LogP contribution < -0.4 is 10.8 Å². The molecule has 1 aromatic heterocycles. The molecular weight excluding hydrogens is 271 g/mol. The monoisotopic (exact) mass is 282 g/mol. The summed E-state index contributed by atoms with van der Waals surface area (Å²) in [5, 5.41) is 0.917. The molecule has 0 amide bonds. The van der Waals surface area contributed by atoms with Crippen LogP contribution in [0.2, 0.25) is 0 Å². The summed E-state index contributed by atoms with van der Waals surface area (Å²) >= 11 is 11.9. The van der Waals surface area contributed by atoms with Crippen LogP contribution in [0.5, 0.6) is 0 Å². The van der Waals surface area contributed by atoms with Crippen LogP contribution in [0.4, 0.5) is 0 Å². The Bertz CT molecular complexity index is 622. The van der Waals surface area contributed by atoms with Crippen molar-refractivity contribution in [1.82, 2.24) is 4.57 Å². The number of nitrogens with zero attached hydrogens (tertiary/aromatic N) is 2. The third-order valence-electron chi connectivity index (χ3n) is 2.33. The Morgan fingerprint density at radius 2 is 1.76 bits per heavy atom. The molecule has 0 N–H and O–H groups in total. The smallest absolute Gasteiger partial charge is 0.169 e. The zero-order valence-electron chi connectivity index (χ0n) is 9.32. The van der Waals surface area contributed by atoms with Crippen molar-refractivity contribution in [3.8, 4) is 0 Å². The minimum atomic E-state index is -2.38. The maximum Gasteiger partial charge on any atom is 0.169 e. The first-order valence-corrected chi connectivity index (χ1v) is 8.79. The normalized spacial score (nSPS) is 15.5. The molecule has 17 heavy (non-hydrogen) atoms. The van der Waals surface area contributed by atoms with Crippen molar-refractivity contribution in [2.45, 2.75) is 0 Å². The highest BCUT2D eigenvalue weighted by molar-refractivity contribution is 8.29. The van der Waals surface area contributed by atoms with E-state index in [1.165, 1.54) is 0 Å². The fraction of sp³-hybridized carbons (Fsp3) is 0.0833. The van der Waals surface area contributed by atoms with Gasteiger partial charge in [0.25, 0.3) is 0 Å². The lowest BCUT2D eigenvalue weighted by Gasteiger charge is -2.09. The summed E-state index contributed by atoms with van der Waals surface area (Å²) in [5.74, 6) is 0. The molecule has 2 nitrogen and oxygen atoms in total. The Morgan fingerprint density at radius 3 is 2.41 bits per heavy atom. The van der Waals surface area contributed by atoms with Gasteiger partial charge in [-0.3, -0.25) is 0 Å². The minimum Gasteiger partial charge on any atom is -0.336 e. The van der Waals surface area contributed by atoms with Crippen molar-refractivity contribution < 1.29 is 0 Å². The van der Waals surface area contributed by atoms with Gasteiger partial charge in [-0.15, -0.1) is 0 Å². The fourth-order valence-corrected chi connectivity index (χ4v) is 3.73. The molecule has 5 heteroatoms. The molecule has 1 unspecified atom stereocenters. The first-order valence-electron chi connectivity index (χ1n) is 5.13. The molecule has 0 spiro atoms. The van der Waals surface area contributed by atoms with Gasteiger partial charge in [-0.25, -0.2) is 4.76 Å². The van der Waals surface area contributed by atoms with Gasteiger partial charge < -0.3 is 4.57 Å². The molecule has 0 saturated carbocycles. The van der Waals surface area contributed by atoms with E-state index in [9.17, 15) is 0 Å². The Balaban J connectivity index is 2.53. The van der Waals surface area contributed by atoms with Crippen LogP contribution in [-0.4, -0.2) is 4.57 Å². The number of pyridine rings is 1. The van der Waals surface area contributed by atoms with Gasteiger partial charge in [0.2, 0.25) is 0 Å². The quantitative estimate of drug-likeness (QED) is 0.774. The van der Waals surface area contributed by atoms with E-state index in [2.05, 4.69) is 4.76 Å². The summed E-state index contributed by atoms with van der Waals surface area (Å²) in [4.78, 5) is 0. The van der Waals surface area contributed by atoms with Crippen molar-refractivity contribution in [1.29, 1.82) is 0 Å². The number of rotatable bonds is 2. The summed E-state index contributed by atoms with van der Waals surface area (Å²) < 4.78 is 6.42. The summed E-state index contributed by atoms with van der Waals surface area (Å²) in [6.45, 7) is 0. The number of halogens is 1. The molecule has 1 aromatic carbocycles. The van der Waals surface area contributed by atoms with Gasteiger partial charge in [0, 0.05) is 18.5 Å². The zero-order valence-corrected chi connectivity index (χ0v) is 11.8. The summed E-state index contributed by atoms with van der Waals surface area (Å²) in [6, 6.07) is 15.4. The second-order valence-electron chi connectivity index (χ2n) is 3.61. The van der Waals surface area contributed by atoms with Crippen molar-refractivity contribution in [3.63, 3.8) is 0 Å². The molecule has 0 aliphatic rings. The SMILES string of the molecule is Cn1cccc/c1=N\P(=S)(Cl)c1ccccc1. The van der Waals surface area contributed by atoms with Gasteiger partial charge >= 0.3 is 0 Å². The fourth-order valence-electron chi connectivity index (χ4n) is 1.42. The second-order valence-corrected chi connectivity index (χ2v) is 8.98. The van der Waals surface area contributed by atoms with Gasteiger partial charge in [0.05, 0.1) is 0 Å². The van der Waals surface area contributed by atoms with Crippen LogP contribution in [0, 0.1) is 0 Å². The van der Waals surface area contributed by atoms with E-state index >= 15 is 0 Å². The average molecular weight is 283 g/mol. The number of hydrogen-bond acceptors (Lipinski definition) is 1. The van der Waals surface area contributed by atoms with Crippen LogP contribution in [0.15, 0.2) is 59.5 Å². The predicted octanol–water partition coefficient (Wildman–Crippen LogP) is 2.80. The van der Waals surface area contributed by atoms with Crippen LogP contribution in [-0.2, 0) is 18.9 Å². The topological polar surface area (TPSA) is 17.3 Å². The third kappa shape index (κ3) is 3.06. The van der Waals surface area contributed by atoms with Crippen LogP contribution in [0.25, 0.3) is 0 Å². The first-order chi connectivity index (χ1) is 8.09.